The standard InChI is InChI=1S/C45H46P2/c1-3-35-45(36-4-2,43(37-23-11-5-12-24-37)46(39-27-15-7-16-28-39)40-29-17-8-18-30-40)44(38-25-13-6-14-26-38)47(41-31-19-9-20-32-41)42-33-21-10-22-34-42/h5-34,43-44H,3-4,35-36H2,1-2H3. The Kier molecular flexibility index (Phi) is 11.5. The van der Waals surface area contributed by atoms with Gasteiger partial charge in [0.05, 0.1) is 0 Å². The lowest BCUT2D eigenvalue weighted by atomic mass is 9.69. The maximum Gasteiger partial charge on any atom is 0.0188 e. The Bertz CT molecular complexity index is 1530. The molecule has 0 saturated carbocycles. The van der Waals surface area contributed by atoms with Crippen LogP contribution in [0.15, 0.2) is 182 Å². The third-order valence-electron chi connectivity index (χ3n) is 9.40. The zero-order chi connectivity index (χ0) is 32.3. The molecular weight excluding hydrogens is 602 g/mol. The highest BCUT2D eigenvalue weighted by molar-refractivity contribution is 7.74. The van der Waals surface area contributed by atoms with Gasteiger partial charge in [0.2, 0.25) is 0 Å². The van der Waals surface area contributed by atoms with E-state index in [-0.39, 0.29) is 5.41 Å². The van der Waals surface area contributed by atoms with Crippen LogP contribution in [0.1, 0.15) is 62.0 Å². The van der Waals surface area contributed by atoms with Gasteiger partial charge < -0.3 is 0 Å². The lowest BCUT2D eigenvalue weighted by molar-refractivity contribution is 0.214. The molecule has 236 valence electrons. The van der Waals surface area contributed by atoms with Crippen LogP contribution in [0.3, 0.4) is 0 Å². The molecule has 0 N–H and O–H groups in total. The van der Waals surface area contributed by atoms with E-state index in [0.29, 0.717) is 11.3 Å². The van der Waals surface area contributed by atoms with Gasteiger partial charge in [-0.15, -0.1) is 0 Å². The molecule has 0 aliphatic heterocycles. The lowest BCUT2D eigenvalue weighted by Crippen LogP contribution is -2.39. The fourth-order valence-corrected chi connectivity index (χ4v) is 14.4. The first-order chi connectivity index (χ1) is 23.3. The minimum absolute atomic E-state index is 0.0407. The van der Waals surface area contributed by atoms with Crippen molar-refractivity contribution in [2.24, 2.45) is 5.41 Å². The van der Waals surface area contributed by atoms with E-state index < -0.39 is 15.8 Å². The van der Waals surface area contributed by atoms with Crippen molar-refractivity contribution in [1.82, 2.24) is 0 Å². The predicted molar refractivity (Wildman–Crippen MR) is 209 cm³/mol. The third kappa shape index (κ3) is 7.36. The summed E-state index contributed by atoms with van der Waals surface area (Å²) in [7, 11) is -1.55. The molecule has 0 heterocycles. The second kappa shape index (κ2) is 16.3. The molecule has 0 saturated heterocycles. The quantitative estimate of drug-likeness (QED) is 0.103. The van der Waals surface area contributed by atoms with Crippen LogP contribution in [0.4, 0.5) is 0 Å². The maximum absolute atomic E-state index is 2.43. The smallest absolute Gasteiger partial charge is 0.0188 e. The van der Waals surface area contributed by atoms with Crippen LogP contribution >= 0.6 is 15.8 Å². The van der Waals surface area contributed by atoms with Crippen LogP contribution in [-0.2, 0) is 0 Å². The normalized spacial score (nSPS) is 13.0. The summed E-state index contributed by atoms with van der Waals surface area (Å²) in [5.74, 6) is 0. The van der Waals surface area contributed by atoms with Gasteiger partial charge in [-0.3, -0.25) is 0 Å². The second-order valence-corrected chi connectivity index (χ2v) is 17.0. The maximum atomic E-state index is 2.43. The van der Waals surface area contributed by atoms with Crippen LogP contribution < -0.4 is 21.2 Å². The molecule has 0 nitrogen and oxygen atoms in total. The van der Waals surface area contributed by atoms with Crippen LogP contribution in [0.2, 0.25) is 0 Å². The monoisotopic (exact) mass is 648 g/mol. The highest BCUT2D eigenvalue weighted by atomic mass is 31.1. The molecule has 2 unspecified atom stereocenters. The summed E-state index contributed by atoms with van der Waals surface area (Å²) in [6.45, 7) is 4.82. The third-order valence-corrected chi connectivity index (χ3v) is 15.5. The Morgan fingerprint density at radius 2 is 0.596 bits per heavy atom. The van der Waals surface area contributed by atoms with Crippen molar-refractivity contribution in [3.63, 3.8) is 0 Å². The molecule has 0 aromatic heterocycles. The number of hydrogen-bond donors (Lipinski definition) is 0. The van der Waals surface area contributed by atoms with E-state index in [0.717, 1.165) is 25.7 Å². The topological polar surface area (TPSA) is 0 Å². The zero-order valence-electron chi connectivity index (χ0n) is 27.7. The predicted octanol–water partition coefficient (Wildman–Crippen LogP) is 11.3. The molecule has 2 heteroatoms. The first-order valence-corrected chi connectivity index (χ1v) is 20.0. The van der Waals surface area contributed by atoms with Gasteiger partial charge in [-0.05, 0) is 66.4 Å². The Morgan fingerprint density at radius 3 is 0.830 bits per heavy atom. The van der Waals surface area contributed by atoms with Crippen molar-refractivity contribution in [2.45, 2.75) is 50.8 Å². The average molecular weight is 649 g/mol. The first kappa shape index (κ1) is 33.1. The first-order valence-electron chi connectivity index (χ1n) is 17.2. The minimum Gasteiger partial charge on any atom is -0.0654 e. The van der Waals surface area contributed by atoms with Crippen molar-refractivity contribution in [1.29, 1.82) is 0 Å². The van der Waals surface area contributed by atoms with Crippen molar-refractivity contribution in [2.75, 3.05) is 0 Å². The van der Waals surface area contributed by atoms with Gasteiger partial charge in [0.1, 0.15) is 0 Å². The molecule has 0 radical (unpaired) electrons. The van der Waals surface area contributed by atoms with Crippen molar-refractivity contribution < 1.29 is 0 Å². The van der Waals surface area contributed by atoms with E-state index in [2.05, 4.69) is 196 Å². The highest BCUT2D eigenvalue weighted by Crippen LogP contribution is 2.72. The van der Waals surface area contributed by atoms with Gasteiger partial charge in [0.25, 0.3) is 0 Å². The van der Waals surface area contributed by atoms with Gasteiger partial charge >= 0.3 is 0 Å². The molecule has 6 rings (SSSR count). The van der Waals surface area contributed by atoms with Gasteiger partial charge in [0, 0.05) is 11.3 Å². The fraction of sp³-hybridized carbons (Fsp3) is 0.200. The van der Waals surface area contributed by atoms with Crippen LogP contribution in [0.5, 0.6) is 0 Å². The molecular formula is C45H46P2. The van der Waals surface area contributed by atoms with E-state index >= 15 is 0 Å². The molecule has 2 atom stereocenters. The SMILES string of the molecule is CCCC(CCC)(C(c1ccccc1)P(c1ccccc1)c1ccccc1)C(c1ccccc1)P(c1ccccc1)c1ccccc1. The molecule has 0 bridgehead atoms. The molecule has 0 spiro atoms. The molecule has 6 aromatic carbocycles. The molecule has 6 aromatic rings. The Labute approximate surface area is 285 Å². The second-order valence-electron chi connectivity index (χ2n) is 12.4. The molecule has 0 aliphatic carbocycles. The molecule has 47 heavy (non-hydrogen) atoms. The zero-order valence-corrected chi connectivity index (χ0v) is 29.5. The summed E-state index contributed by atoms with van der Waals surface area (Å²) in [6, 6.07) is 68.9. The van der Waals surface area contributed by atoms with Crippen LogP contribution in [0, 0.1) is 5.41 Å². The van der Waals surface area contributed by atoms with Crippen molar-refractivity contribution in [3.05, 3.63) is 193 Å². The fourth-order valence-electron chi connectivity index (χ4n) is 7.75. The summed E-state index contributed by atoms with van der Waals surface area (Å²) >= 11 is 0. The lowest BCUT2D eigenvalue weighted by Gasteiger charge is -2.53. The summed E-state index contributed by atoms with van der Waals surface area (Å²) < 4.78 is 0. The summed E-state index contributed by atoms with van der Waals surface area (Å²) in [4.78, 5) is 0. The summed E-state index contributed by atoms with van der Waals surface area (Å²) in [5, 5.41) is 5.81. The van der Waals surface area contributed by atoms with Crippen molar-refractivity contribution in [3.8, 4) is 0 Å². The van der Waals surface area contributed by atoms with E-state index in [1.807, 2.05) is 0 Å². The molecule has 0 fully saturated rings. The van der Waals surface area contributed by atoms with Crippen molar-refractivity contribution >= 4 is 37.1 Å². The van der Waals surface area contributed by atoms with Crippen LogP contribution in [0.25, 0.3) is 0 Å². The Hall–Kier alpha value is -3.82. The van der Waals surface area contributed by atoms with Gasteiger partial charge in [0.15, 0.2) is 0 Å². The average Bonchev–Trinajstić information content (AvgIpc) is 3.15. The summed E-state index contributed by atoms with van der Waals surface area (Å²) in [6.07, 6.45) is 4.56. The van der Waals surface area contributed by atoms with Gasteiger partial charge in [-0.25, -0.2) is 0 Å². The van der Waals surface area contributed by atoms with Gasteiger partial charge in [-0.2, -0.15) is 0 Å². The minimum atomic E-state index is -0.777. The number of hydrogen-bond acceptors (Lipinski definition) is 0. The molecule has 0 aliphatic rings. The van der Waals surface area contributed by atoms with E-state index in [4.69, 9.17) is 0 Å². The van der Waals surface area contributed by atoms with Gasteiger partial charge in [-0.1, -0.05) is 209 Å². The van der Waals surface area contributed by atoms with E-state index in [9.17, 15) is 0 Å². The molecule has 0 amide bonds. The highest BCUT2D eigenvalue weighted by Gasteiger charge is 2.52. The Morgan fingerprint density at radius 1 is 0.362 bits per heavy atom. The van der Waals surface area contributed by atoms with Crippen LogP contribution in [-0.4, -0.2) is 0 Å². The number of benzene rings is 6. The van der Waals surface area contributed by atoms with E-state index in [1.165, 1.54) is 32.3 Å². The Balaban J connectivity index is 1.74. The largest absolute Gasteiger partial charge is 0.0654 e. The van der Waals surface area contributed by atoms with E-state index in [1.54, 1.807) is 0 Å². The number of rotatable bonds is 14. The summed E-state index contributed by atoms with van der Waals surface area (Å²) in [5.41, 5.74) is 3.48.